The molecule has 1 fully saturated rings. The number of anilines is 1. The van der Waals surface area contributed by atoms with Gasteiger partial charge in [0.2, 0.25) is 0 Å². The Kier molecular flexibility index (Phi) is 5.34. The van der Waals surface area contributed by atoms with Gasteiger partial charge in [0.05, 0.1) is 13.2 Å². The number of esters is 1. The topological polar surface area (TPSA) is 75.5 Å². The normalized spacial score (nSPS) is 21.2. The van der Waals surface area contributed by atoms with Gasteiger partial charge in [0, 0.05) is 20.2 Å². The lowest BCUT2D eigenvalue weighted by atomic mass is 9.80. The Morgan fingerprint density at radius 3 is 3.05 bits per heavy atom. The highest BCUT2D eigenvalue weighted by atomic mass is 16.5. The third kappa shape index (κ3) is 3.37. The molecule has 1 aromatic rings. The molecular formula is C16H21N3O3. The van der Waals surface area contributed by atoms with Gasteiger partial charge < -0.3 is 14.4 Å². The van der Waals surface area contributed by atoms with Crippen LogP contribution in [0.2, 0.25) is 0 Å². The fraction of sp³-hybridized carbons (Fsp3) is 0.562. The van der Waals surface area contributed by atoms with Gasteiger partial charge in [-0.1, -0.05) is 6.07 Å². The van der Waals surface area contributed by atoms with Crippen molar-refractivity contribution < 1.29 is 14.3 Å². The summed E-state index contributed by atoms with van der Waals surface area (Å²) in [6, 6.07) is 7.37. The zero-order chi connectivity index (χ0) is 16.0. The predicted molar refractivity (Wildman–Crippen MR) is 81.3 cm³/mol. The van der Waals surface area contributed by atoms with Crippen LogP contribution in [0.1, 0.15) is 25.5 Å². The highest BCUT2D eigenvalue weighted by molar-refractivity contribution is 5.78. The number of hydrogen-bond donors (Lipinski definition) is 0. The van der Waals surface area contributed by atoms with Crippen LogP contribution in [0.15, 0.2) is 18.2 Å². The maximum absolute atomic E-state index is 12.4. The van der Waals surface area contributed by atoms with Crippen molar-refractivity contribution >= 4 is 11.8 Å². The lowest BCUT2D eigenvalue weighted by molar-refractivity contribution is -0.159. The molecule has 118 valence electrons. The van der Waals surface area contributed by atoms with Gasteiger partial charge in [-0.15, -0.1) is 0 Å². The largest absolute Gasteiger partial charge is 0.465 e. The van der Waals surface area contributed by atoms with E-state index in [2.05, 4.69) is 4.98 Å². The van der Waals surface area contributed by atoms with Crippen molar-refractivity contribution in [3.05, 3.63) is 23.9 Å². The fourth-order valence-corrected chi connectivity index (χ4v) is 2.89. The average Bonchev–Trinajstić information content (AvgIpc) is 2.55. The van der Waals surface area contributed by atoms with Gasteiger partial charge in [-0.3, -0.25) is 4.79 Å². The van der Waals surface area contributed by atoms with Gasteiger partial charge in [0.25, 0.3) is 0 Å². The van der Waals surface area contributed by atoms with E-state index in [-0.39, 0.29) is 5.97 Å². The quantitative estimate of drug-likeness (QED) is 0.771. The third-order valence-corrected chi connectivity index (χ3v) is 3.88. The maximum Gasteiger partial charge on any atom is 0.316 e. The standard InChI is InChI=1S/C16H21N3O3/c1-3-22-15(20)16(12-21-2)8-5-9-19(11-16)14-7-4-6-13(10-17)18-14/h4,6-7H,3,5,8-9,11-12H2,1-2H3/t16-/m1/s1. The molecule has 0 spiro atoms. The highest BCUT2D eigenvalue weighted by Gasteiger charge is 2.44. The van der Waals surface area contributed by atoms with Crippen molar-refractivity contribution in [1.82, 2.24) is 4.98 Å². The number of hydrogen-bond acceptors (Lipinski definition) is 6. The van der Waals surface area contributed by atoms with Gasteiger partial charge in [-0.25, -0.2) is 4.98 Å². The minimum absolute atomic E-state index is 0.224. The van der Waals surface area contributed by atoms with Gasteiger partial charge in [-0.05, 0) is 31.9 Å². The first-order chi connectivity index (χ1) is 10.6. The van der Waals surface area contributed by atoms with E-state index in [4.69, 9.17) is 14.7 Å². The zero-order valence-corrected chi connectivity index (χ0v) is 13.0. The first-order valence-corrected chi connectivity index (χ1v) is 7.43. The van der Waals surface area contributed by atoms with E-state index in [1.54, 1.807) is 26.2 Å². The molecule has 22 heavy (non-hydrogen) atoms. The Morgan fingerprint density at radius 2 is 2.36 bits per heavy atom. The maximum atomic E-state index is 12.4. The molecule has 0 unspecified atom stereocenters. The SMILES string of the molecule is CCOC(=O)[C@]1(COC)CCCN(c2cccc(C#N)n2)C1. The summed E-state index contributed by atoms with van der Waals surface area (Å²) < 4.78 is 10.5. The van der Waals surface area contributed by atoms with Crippen molar-refractivity contribution in [1.29, 1.82) is 5.26 Å². The lowest BCUT2D eigenvalue weighted by Gasteiger charge is -2.41. The number of nitriles is 1. The molecule has 1 aromatic heterocycles. The first-order valence-electron chi connectivity index (χ1n) is 7.43. The number of carbonyl (C=O) groups is 1. The summed E-state index contributed by atoms with van der Waals surface area (Å²) in [5.41, 5.74) is -0.301. The van der Waals surface area contributed by atoms with Crippen LogP contribution < -0.4 is 4.90 Å². The van der Waals surface area contributed by atoms with Gasteiger partial charge in [-0.2, -0.15) is 5.26 Å². The monoisotopic (exact) mass is 303 g/mol. The van der Waals surface area contributed by atoms with Crippen molar-refractivity contribution in [2.24, 2.45) is 5.41 Å². The molecule has 0 aromatic carbocycles. The number of pyridine rings is 1. The second-order valence-corrected chi connectivity index (χ2v) is 5.45. The van der Waals surface area contributed by atoms with Gasteiger partial charge in [0.1, 0.15) is 23.0 Å². The second-order valence-electron chi connectivity index (χ2n) is 5.45. The Labute approximate surface area is 130 Å². The Bertz CT molecular complexity index is 566. The number of piperidine rings is 1. The Morgan fingerprint density at radius 1 is 1.55 bits per heavy atom. The van der Waals surface area contributed by atoms with Gasteiger partial charge >= 0.3 is 5.97 Å². The molecule has 1 aliphatic heterocycles. The van der Waals surface area contributed by atoms with E-state index < -0.39 is 5.41 Å². The second kappa shape index (κ2) is 7.23. The van der Waals surface area contributed by atoms with E-state index >= 15 is 0 Å². The van der Waals surface area contributed by atoms with Crippen LogP contribution in [0.5, 0.6) is 0 Å². The summed E-state index contributed by atoms with van der Waals surface area (Å²) in [5, 5.41) is 8.98. The number of carbonyl (C=O) groups excluding carboxylic acids is 1. The molecule has 0 N–H and O–H groups in total. The van der Waals surface area contributed by atoms with Crippen molar-refractivity contribution in [3.8, 4) is 6.07 Å². The number of methoxy groups -OCH3 is 1. The van der Waals surface area contributed by atoms with Crippen molar-refractivity contribution in [2.45, 2.75) is 19.8 Å². The van der Waals surface area contributed by atoms with Gasteiger partial charge in [0.15, 0.2) is 0 Å². The third-order valence-electron chi connectivity index (χ3n) is 3.88. The highest BCUT2D eigenvalue weighted by Crippen LogP contribution is 2.33. The predicted octanol–water partition coefficient (Wildman–Crippen LogP) is 1.75. The lowest BCUT2D eigenvalue weighted by Crippen LogP contribution is -2.51. The minimum atomic E-state index is -0.673. The molecule has 0 bridgehead atoms. The summed E-state index contributed by atoms with van der Waals surface area (Å²) >= 11 is 0. The van der Waals surface area contributed by atoms with Crippen LogP contribution in [-0.2, 0) is 14.3 Å². The number of rotatable bonds is 5. The molecule has 1 aliphatic rings. The molecule has 0 aliphatic carbocycles. The van der Waals surface area contributed by atoms with Crippen LogP contribution >= 0.6 is 0 Å². The van der Waals surface area contributed by atoms with E-state index in [1.165, 1.54) is 0 Å². The Hall–Kier alpha value is -2.13. The molecule has 6 nitrogen and oxygen atoms in total. The molecule has 1 saturated heterocycles. The number of nitrogens with zero attached hydrogens (tertiary/aromatic N) is 3. The molecule has 1 atom stereocenters. The molecule has 0 radical (unpaired) electrons. The van der Waals surface area contributed by atoms with Crippen molar-refractivity contribution in [2.75, 3.05) is 38.3 Å². The van der Waals surface area contributed by atoms with Crippen LogP contribution in [0.25, 0.3) is 0 Å². The molecular weight excluding hydrogens is 282 g/mol. The molecule has 0 amide bonds. The Balaban J connectivity index is 2.24. The van der Waals surface area contributed by atoms with E-state index in [1.807, 2.05) is 17.0 Å². The first kappa shape index (κ1) is 16.2. The van der Waals surface area contributed by atoms with Crippen LogP contribution in [0, 0.1) is 16.7 Å². The molecule has 2 heterocycles. The molecule has 0 saturated carbocycles. The molecule has 6 heteroatoms. The summed E-state index contributed by atoms with van der Waals surface area (Å²) in [6.45, 7) is 3.76. The number of ether oxygens (including phenoxy) is 2. The summed E-state index contributed by atoms with van der Waals surface area (Å²) in [5.74, 6) is 0.488. The summed E-state index contributed by atoms with van der Waals surface area (Å²) in [4.78, 5) is 18.8. The summed E-state index contributed by atoms with van der Waals surface area (Å²) in [6.07, 6.45) is 1.58. The van der Waals surface area contributed by atoms with Crippen molar-refractivity contribution in [3.63, 3.8) is 0 Å². The fourth-order valence-electron chi connectivity index (χ4n) is 2.89. The molecule has 2 rings (SSSR count). The van der Waals surface area contributed by atoms with Crippen LogP contribution in [-0.4, -0.2) is 44.4 Å². The van der Waals surface area contributed by atoms with E-state index in [9.17, 15) is 4.79 Å². The van der Waals surface area contributed by atoms with Crippen LogP contribution in [0.3, 0.4) is 0 Å². The summed E-state index contributed by atoms with van der Waals surface area (Å²) in [7, 11) is 1.59. The van der Waals surface area contributed by atoms with Crippen LogP contribution in [0.4, 0.5) is 5.82 Å². The number of aromatic nitrogens is 1. The smallest absolute Gasteiger partial charge is 0.316 e. The zero-order valence-electron chi connectivity index (χ0n) is 13.0. The van der Waals surface area contributed by atoms with E-state index in [0.717, 1.165) is 19.4 Å². The van der Waals surface area contributed by atoms with E-state index in [0.29, 0.717) is 31.3 Å². The average molecular weight is 303 g/mol. The minimum Gasteiger partial charge on any atom is -0.465 e.